The molecule has 0 heterocycles. The Bertz CT molecular complexity index is 707. The fourth-order valence-electron chi connectivity index (χ4n) is 2.98. The van der Waals surface area contributed by atoms with Crippen LogP contribution in [-0.2, 0) is 4.79 Å². The Labute approximate surface area is 139 Å². The average molecular weight is 365 g/mol. The Kier molecular flexibility index (Phi) is 4.81. The maximum atomic E-state index is 11.6. The SMILES string of the molecule is CC[C@H](c1ccc2c(Br)c(OC)ccc2c1)C(C)(C)C(=O)O. The molecule has 0 aliphatic carbocycles. The minimum Gasteiger partial charge on any atom is -0.496 e. The Morgan fingerprint density at radius 1 is 1.32 bits per heavy atom. The minimum atomic E-state index is -0.799. The van der Waals surface area contributed by atoms with Crippen LogP contribution in [-0.4, -0.2) is 18.2 Å². The molecule has 0 saturated carbocycles. The lowest BCUT2D eigenvalue weighted by Crippen LogP contribution is -2.31. The molecule has 2 aromatic rings. The molecule has 0 bridgehead atoms. The normalized spacial score (nSPS) is 13.1. The van der Waals surface area contributed by atoms with Crippen molar-refractivity contribution in [2.24, 2.45) is 5.41 Å². The van der Waals surface area contributed by atoms with Crippen LogP contribution in [0, 0.1) is 5.41 Å². The number of hydrogen-bond donors (Lipinski definition) is 1. The van der Waals surface area contributed by atoms with Gasteiger partial charge in [-0.1, -0.05) is 31.2 Å². The summed E-state index contributed by atoms with van der Waals surface area (Å²) in [6.45, 7) is 5.61. The predicted octanol–water partition coefficient (Wildman–Crippen LogP) is 5.22. The van der Waals surface area contributed by atoms with Crippen molar-refractivity contribution in [3.8, 4) is 5.75 Å². The molecule has 0 fully saturated rings. The van der Waals surface area contributed by atoms with Crippen molar-refractivity contribution < 1.29 is 14.6 Å². The van der Waals surface area contributed by atoms with Crippen LogP contribution in [0.5, 0.6) is 5.75 Å². The first-order valence-corrected chi connectivity index (χ1v) is 8.11. The van der Waals surface area contributed by atoms with Gasteiger partial charge in [-0.2, -0.15) is 0 Å². The maximum Gasteiger partial charge on any atom is 0.309 e. The lowest BCUT2D eigenvalue weighted by Gasteiger charge is -2.30. The Hall–Kier alpha value is -1.55. The molecular weight excluding hydrogens is 344 g/mol. The number of methoxy groups -OCH3 is 1. The van der Waals surface area contributed by atoms with Gasteiger partial charge < -0.3 is 9.84 Å². The van der Waals surface area contributed by atoms with Gasteiger partial charge in [-0.25, -0.2) is 0 Å². The van der Waals surface area contributed by atoms with Crippen LogP contribution in [0.2, 0.25) is 0 Å². The zero-order chi connectivity index (χ0) is 16.5. The second kappa shape index (κ2) is 6.29. The van der Waals surface area contributed by atoms with Crippen LogP contribution in [0.4, 0.5) is 0 Å². The number of rotatable bonds is 5. The first-order valence-electron chi connectivity index (χ1n) is 7.32. The topological polar surface area (TPSA) is 46.5 Å². The highest BCUT2D eigenvalue weighted by molar-refractivity contribution is 9.10. The highest BCUT2D eigenvalue weighted by Gasteiger charge is 2.36. The minimum absolute atomic E-state index is 0.0322. The molecule has 0 aliphatic heterocycles. The van der Waals surface area contributed by atoms with Gasteiger partial charge in [0.05, 0.1) is 17.0 Å². The van der Waals surface area contributed by atoms with E-state index in [0.29, 0.717) is 0 Å². The summed E-state index contributed by atoms with van der Waals surface area (Å²) >= 11 is 3.56. The van der Waals surface area contributed by atoms with Crippen LogP contribution in [0.25, 0.3) is 10.8 Å². The molecule has 1 N–H and O–H groups in total. The van der Waals surface area contributed by atoms with Gasteiger partial charge in [0, 0.05) is 0 Å². The van der Waals surface area contributed by atoms with Crippen molar-refractivity contribution >= 4 is 32.7 Å². The number of aliphatic carboxylic acids is 1. The summed E-state index contributed by atoms with van der Waals surface area (Å²) in [4.78, 5) is 11.6. The molecular formula is C18H21BrO3. The van der Waals surface area contributed by atoms with Crippen LogP contribution in [0.1, 0.15) is 38.7 Å². The summed E-state index contributed by atoms with van der Waals surface area (Å²) < 4.78 is 6.23. The lowest BCUT2D eigenvalue weighted by molar-refractivity contribution is -0.148. The molecule has 118 valence electrons. The summed E-state index contributed by atoms with van der Waals surface area (Å²) in [5.41, 5.74) is 0.256. The largest absolute Gasteiger partial charge is 0.496 e. The lowest BCUT2D eigenvalue weighted by atomic mass is 9.73. The van der Waals surface area contributed by atoms with Crippen molar-refractivity contribution in [3.63, 3.8) is 0 Å². The first kappa shape index (κ1) is 16.8. The number of halogens is 1. The Balaban J connectivity index is 2.55. The summed E-state index contributed by atoms with van der Waals surface area (Å²) in [5, 5.41) is 11.6. The van der Waals surface area contributed by atoms with Gasteiger partial charge in [0.1, 0.15) is 5.75 Å². The number of benzene rings is 2. The van der Waals surface area contributed by atoms with E-state index >= 15 is 0 Å². The van der Waals surface area contributed by atoms with Crippen LogP contribution >= 0.6 is 15.9 Å². The third-order valence-corrected chi connectivity index (χ3v) is 5.21. The highest BCUT2D eigenvalue weighted by Crippen LogP contribution is 2.41. The van der Waals surface area contributed by atoms with E-state index in [1.165, 1.54) is 0 Å². The predicted molar refractivity (Wildman–Crippen MR) is 92.6 cm³/mol. The molecule has 0 spiro atoms. The van der Waals surface area contributed by atoms with Crippen molar-refractivity contribution in [1.29, 1.82) is 0 Å². The first-order chi connectivity index (χ1) is 10.3. The zero-order valence-corrected chi connectivity index (χ0v) is 14.9. The zero-order valence-electron chi connectivity index (χ0n) is 13.3. The molecule has 0 radical (unpaired) electrons. The van der Waals surface area contributed by atoms with Crippen LogP contribution < -0.4 is 4.74 Å². The van der Waals surface area contributed by atoms with Gasteiger partial charge in [-0.05, 0) is 64.5 Å². The smallest absolute Gasteiger partial charge is 0.309 e. The second-order valence-corrected chi connectivity index (χ2v) is 6.84. The van der Waals surface area contributed by atoms with Gasteiger partial charge in [0.2, 0.25) is 0 Å². The summed E-state index contributed by atoms with van der Waals surface area (Å²) in [7, 11) is 1.64. The average Bonchev–Trinajstić information content (AvgIpc) is 2.48. The quantitative estimate of drug-likeness (QED) is 0.791. The van der Waals surface area contributed by atoms with Gasteiger partial charge in [-0.3, -0.25) is 4.79 Å². The monoisotopic (exact) mass is 364 g/mol. The molecule has 0 aromatic heterocycles. The number of hydrogen-bond acceptors (Lipinski definition) is 2. The van der Waals surface area contributed by atoms with E-state index in [-0.39, 0.29) is 5.92 Å². The number of ether oxygens (including phenoxy) is 1. The van der Waals surface area contributed by atoms with Crippen LogP contribution in [0.15, 0.2) is 34.8 Å². The third-order valence-electron chi connectivity index (χ3n) is 4.40. The number of carbonyl (C=O) groups is 1. The van der Waals surface area contributed by atoms with E-state index in [0.717, 1.165) is 33.0 Å². The molecule has 4 heteroatoms. The van der Waals surface area contributed by atoms with E-state index in [2.05, 4.69) is 22.0 Å². The molecule has 2 aromatic carbocycles. The van der Waals surface area contributed by atoms with E-state index < -0.39 is 11.4 Å². The molecule has 0 aliphatic rings. The number of fused-ring (bicyclic) bond motifs is 1. The Morgan fingerprint density at radius 2 is 2.00 bits per heavy atom. The van der Waals surface area contributed by atoms with Gasteiger partial charge in [-0.15, -0.1) is 0 Å². The molecule has 0 saturated heterocycles. The fourth-order valence-corrected chi connectivity index (χ4v) is 3.63. The van der Waals surface area contributed by atoms with Crippen molar-refractivity contribution in [2.45, 2.75) is 33.1 Å². The summed E-state index contributed by atoms with van der Waals surface area (Å²) in [5.74, 6) is -0.0104. The molecule has 22 heavy (non-hydrogen) atoms. The number of carboxylic acid groups (broad SMARTS) is 1. The third kappa shape index (κ3) is 2.84. The molecule has 3 nitrogen and oxygen atoms in total. The molecule has 0 unspecified atom stereocenters. The van der Waals surface area contributed by atoms with Crippen molar-refractivity contribution in [2.75, 3.05) is 7.11 Å². The Morgan fingerprint density at radius 3 is 2.55 bits per heavy atom. The van der Waals surface area contributed by atoms with E-state index in [9.17, 15) is 9.90 Å². The van der Waals surface area contributed by atoms with E-state index in [1.54, 1.807) is 21.0 Å². The van der Waals surface area contributed by atoms with Gasteiger partial charge in [0.15, 0.2) is 0 Å². The standard InChI is InChI=1S/C18H21BrO3/c1-5-14(18(2,3)17(20)21)12-6-8-13-11(10-12)7-9-15(22-4)16(13)19/h6-10,14H,5H2,1-4H3,(H,20,21)/t14-/m1/s1. The van der Waals surface area contributed by atoms with Crippen molar-refractivity contribution in [1.82, 2.24) is 0 Å². The number of carboxylic acids is 1. The van der Waals surface area contributed by atoms with Crippen LogP contribution in [0.3, 0.4) is 0 Å². The maximum absolute atomic E-state index is 11.6. The highest BCUT2D eigenvalue weighted by atomic mass is 79.9. The summed E-state index contributed by atoms with van der Waals surface area (Å²) in [6.07, 6.45) is 0.780. The van der Waals surface area contributed by atoms with Crippen molar-refractivity contribution in [3.05, 3.63) is 40.4 Å². The van der Waals surface area contributed by atoms with Gasteiger partial charge in [0.25, 0.3) is 0 Å². The molecule has 0 amide bonds. The van der Waals surface area contributed by atoms with Gasteiger partial charge >= 0.3 is 5.97 Å². The summed E-state index contributed by atoms with van der Waals surface area (Å²) in [6, 6.07) is 10.0. The molecule has 1 atom stereocenters. The second-order valence-electron chi connectivity index (χ2n) is 6.05. The molecule has 2 rings (SSSR count). The fraction of sp³-hybridized carbons (Fsp3) is 0.389. The van der Waals surface area contributed by atoms with E-state index in [1.807, 2.05) is 31.2 Å². The van der Waals surface area contributed by atoms with E-state index in [4.69, 9.17) is 4.74 Å².